The molecule has 250 valence electrons. The topological polar surface area (TPSA) is 189 Å². The van der Waals surface area contributed by atoms with E-state index in [1.54, 1.807) is 24.3 Å². The summed E-state index contributed by atoms with van der Waals surface area (Å²) in [4.78, 5) is 73.7. The lowest BCUT2D eigenvalue weighted by Crippen LogP contribution is -2.63. The van der Waals surface area contributed by atoms with Crippen LogP contribution in [0.5, 0.6) is 17.2 Å². The predicted molar refractivity (Wildman–Crippen MR) is 158 cm³/mol. The first kappa shape index (κ1) is 34.4. The fraction of sp³-hybridized carbons (Fsp3) is 0.375. The van der Waals surface area contributed by atoms with Crippen molar-refractivity contribution in [3.05, 3.63) is 52.9 Å². The smallest absolute Gasteiger partial charge is 0.308 e. The van der Waals surface area contributed by atoms with Crippen molar-refractivity contribution < 1.29 is 66.3 Å². The van der Waals surface area contributed by atoms with E-state index in [1.807, 2.05) is 0 Å². The van der Waals surface area contributed by atoms with E-state index >= 15 is 0 Å². The Balaban J connectivity index is 1.81. The van der Waals surface area contributed by atoms with Gasteiger partial charge in [-0.15, -0.1) is 0 Å². The molecule has 0 amide bonds. The number of carbonyl (C=O) groups is 5. The van der Waals surface area contributed by atoms with Gasteiger partial charge in [0.05, 0.1) is 12.7 Å². The maximum Gasteiger partial charge on any atom is 0.308 e. The Kier molecular flexibility index (Phi) is 10.8. The molecule has 0 unspecified atom stereocenters. The van der Waals surface area contributed by atoms with Crippen molar-refractivity contribution in [1.29, 1.82) is 0 Å². The van der Waals surface area contributed by atoms with E-state index < -0.39 is 72.6 Å². The molecule has 0 saturated carbocycles. The first-order valence-electron chi connectivity index (χ1n) is 14.2. The van der Waals surface area contributed by atoms with E-state index in [2.05, 4.69) is 0 Å². The summed E-state index contributed by atoms with van der Waals surface area (Å²) in [5.41, 5.74) is 0.105. The standard InChI is InChI=1S/C32H32O15/c1-15(33)40-14-26-29(43-17(3)35)30(44-18(4)36)31(45-19(5)37)32(47-26)46-22-11-24-27(25(12-22)42-16(2)34)28(38)23(13-41-24)20-7-9-21(39-6)10-8-20/h7-13,26,29-32H,14H2,1-6H3/t26-,29-,30-,31-,32+/m0/s1. The highest BCUT2D eigenvalue weighted by atomic mass is 16.7. The van der Waals surface area contributed by atoms with Gasteiger partial charge in [0.2, 0.25) is 17.8 Å². The Morgan fingerprint density at radius 2 is 1.36 bits per heavy atom. The normalized spacial score (nSPS) is 20.4. The summed E-state index contributed by atoms with van der Waals surface area (Å²) < 4.78 is 49.6. The fourth-order valence-electron chi connectivity index (χ4n) is 4.88. The third-order valence-corrected chi connectivity index (χ3v) is 6.67. The van der Waals surface area contributed by atoms with Crippen LogP contribution < -0.4 is 19.6 Å². The number of hydrogen-bond acceptors (Lipinski definition) is 15. The van der Waals surface area contributed by atoms with Crippen LogP contribution in [0.2, 0.25) is 0 Å². The number of methoxy groups -OCH3 is 1. The van der Waals surface area contributed by atoms with Gasteiger partial charge in [-0.25, -0.2) is 0 Å². The van der Waals surface area contributed by atoms with Crippen LogP contribution in [0.1, 0.15) is 34.6 Å². The predicted octanol–water partition coefficient (Wildman–Crippen LogP) is 2.86. The van der Waals surface area contributed by atoms with Gasteiger partial charge < -0.3 is 42.3 Å². The Morgan fingerprint density at radius 1 is 0.745 bits per heavy atom. The summed E-state index contributed by atoms with van der Waals surface area (Å²) in [5.74, 6) is -3.66. The lowest BCUT2D eigenvalue weighted by molar-refractivity contribution is -0.288. The van der Waals surface area contributed by atoms with Gasteiger partial charge in [0.1, 0.15) is 47.2 Å². The Bertz CT molecular complexity index is 1720. The van der Waals surface area contributed by atoms with Gasteiger partial charge in [0.25, 0.3) is 0 Å². The number of rotatable bonds is 10. The molecule has 0 radical (unpaired) electrons. The minimum atomic E-state index is -1.59. The first-order chi connectivity index (χ1) is 22.3. The van der Waals surface area contributed by atoms with E-state index in [9.17, 15) is 28.8 Å². The van der Waals surface area contributed by atoms with Crippen molar-refractivity contribution in [2.75, 3.05) is 13.7 Å². The van der Waals surface area contributed by atoms with Crippen molar-refractivity contribution in [3.8, 4) is 28.4 Å². The van der Waals surface area contributed by atoms with E-state index in [1.165, 1.54) is 25.5 Å². The van der Waals surface area contributed by atoms with E-state index in [4.69, 9.17) is 42.3 Å². The van der Waals surface area contributed by atoms with Crippen LogP contribution in [0.15, 0.2) is 51.9 Å². The number of hydrogen-bond donors (Lipinski definition) is 0. The zero-order valence-electron chi connectivity index (χ0n) is 26.3. The maximum atomic E-state index is 13.7. The molecule has 47 heavy (non-hydrogen) atoms. The molecule has 1 saturated heterocycles. The van der Waals surface area contributed by atoms with Gasteiger partial charge >= 0.3 is 29.8 Å². The monoisotopic (exact) mass is 656 g/mol. The minimum absolute atomic E-state index is 0.0494. The van der Waals surface area contributed by atoms with E-state index in [-0.39, 0.29) is 28.0 Å². The van der Waals surface area contributed by atoms with Gasteiger partial charge in [-0.05, 0) is 17.7 Å². The van der Waals surface area contributed by atoms with Crippen LogP contribution >= 0.6 is 0 Å². The number of esters is 5. The summed E-state index contributed by atoms with van der Waals surface area (Å²) >= 11 is 0. The van der Waals surface area contributed by atoms with Crippen LogP contribution in [0.25, 0.3) is 22.1 Å². The van der Waals surface area contributed by atoms with Gasteiger partial charge in [-0.1, -0.05) is 12.1 Å². The SMILES string of the molecule is COc1ccc(-c2coc3cc(O[C@@H]4O[C@@H](COC(C)=O)[C@H](OC(C)=O)[C@H](OC(C)=O)[C@@H]4OC(C)=O)cc(OC(C)=O)c3c2=O)cc1. The largest absolute Gasteiger partial charge is 0.497 e. The molecule has 2 heterocycles. The average molecular weight is 657 g/mol. The number of benzene rings is 2. The summed E-state index contributed by atoms with van der Waals surface area (Å²) in [7, 11) is 1.51. The highest BCUT2D eigenvalue weighted by Crippen LogP contribution is 2.35. The average Bonchev–Trinajstić information content (AvgIpc) is 2.98. The van der Waals surface area contributed by atoms with Crippen LogP contribution in [0, 0.1) is 0 Å². The fourth-order valence-corrected chi connectivity index (χ4v) is 4.88. The lowest BCUT2D eigenvalue weighted by Gasteiger charge is -2.43. The second kappa shape index (κ2) is 14.8. The summed E-state index contributed by atoms with van der Waals surface area (Å²) in [6, 6.07) is 9.16. The molecular weight excluding hydrogens is 624 g/mol. The molecule has 1 aliphatic rings. The van der Waals surface area contributed by atoms with Gasteiger partial charge in [0.15, 0.2) is 12.2 Å². The molecule has 3 aromatic rings. The summed E-state index contributed by atoms with van der Waals surface area (Å²) in [6.07, 6.45) is -6.07. The Morgan fingerprint density at radius 3 is 1.94 bits per heavy atom. The lowest BCUT2D eigenvalue weighted by atomic mass is 9.98. The van der Waals surface area contributed by atoms with Crippen LogP contribution in [-0.2, 0) is 47.7 Å². The zero-order valence-corrected chi connectivity index (χ0v) is 26.3. The van der Waals surface area contributed by atoms with Crippen LogP contribution in [0.3, 0.4) is 0 Å². The quantitative estimate of drug-likeness (QED) is 0.176. The van der Waals surface area contributed by atoms with Crippen molar-refractivity contribution in [2.24, 2.45) is 0 Å². The molecule has 15 nitrogen and oxygen atoms in total. The van der Waals surface area contributed by atoms with Crippen molar-refractivity contribution >= 4 is 40.8 Å². The molecule has 1 aromatic heterocycles. The van der Waals surface area contributed by atoms with Crippen LogP contribution in [-0.4, -0.2) is 74.3 Å². The van der Waals surface area contributed by atoms with Gasteiger partial charge in [-0.3, -0.25) is 28.8 Å². The van der Waals surface area contributed by atoms with Crippen molar-refractivity contribution in [3.63, 3.8) is 0 Å². The molecule has 0 aliphatic carbocycles. The van der Waals surface area contributed by atoms with Crippen molar-refractivity contribution in [1.82, 2.24) is 0 Å². The number of fused-ring (bicyclic) bond motifs is 1. The molecule has 15 heteroatoms. The number of ether oxygens (including phenoxy) is 8. The molecule has 1 aliphatic heterocycles. The van der Waals surface area contributed by atoms with E-state index in [0.717, 1.165) is 34.6 Å². The minimum Gasteiger partial charge on any atom is -0.497 e. The van der Waals surface area contributed by atoms with E-state index in [0.29, 0.717) is 11.3 Å². The van der Waals surface area contributed by atoms with Gasteiger partial charge in [0, 0.05) is 46.8 Å². The zero-order chi connectivity index (χ0) is 34.4. The molecular formula is C32H32O15. The Labute approximate surface area is 267 Å². The first-order valence-corrected chi connectivity index (χ1v) is 14.2. The highest BCUT2D eigenvalue weighted by molar-refractivity contribution is 5.90. The van der Waals surface area contributed by atoms with Crippen molar-refractivity contribution in [2.45, 2.75) is 65.3 Å². The molecule has 5 atom stereocenters. The third kappa shape index (κ3) is 8.43. The summed E-state index contributed by atoms with van der Waals surface area (Å²) in [6.45, 7) is 5.06. The molecule has 0 N–H and O–H groups in total. The Hall–Kier alpha value is -5.44. The summed E-state index contributed by atoms with van der Waals surface area (Å²) in [5, 5.41) is -0.0811. The van der Waals surface area contributed by atoms with Gasteiger partial charge in [-0.2, -0.15) is 0 Å². The van der Waals surface area contributed by atoms with Crippen LogP contribution in [0.4, 0.5) is 0 Å². The molecule has 2 aromatic carbocycles. The maximum absolute atomic E-state index is 13.7. The second-order valence-electron chi connectivity index (χ2n) is 10.3. The third-order valence-electron chi connectivity index (χ3n) is 6.67. The molecule has 0 spiro atoms. The number of carbonyl (C=O) groups excluding carboxylic acids is 5. The molecule has 0 bridgehead atoms. The molecule has 4 rings (SSSR count). The highest BCUT2D eigenvalue weighted by Gasteiger charge is 2.53. The molecule has 1 fully saturated rings. The second-order valence-corrected chi connectivity index (χ2v) is 10.3.